The van der Waals surface area contributed by atoms with Crippen molar-refractivity contribution in [2.75, 3.05) is 0 Å². The average Bonchev–Trinajstić information content (AvgIpc) is 2.90. The van der Waals surface area contributed by atoms with Gasteiger partial charge in [0, 0.05) is 17.9 Å². The molecule has 1 aliphatic carbocycles. The average molecular weight is 405 g/mol. The molecule has 1 saturated heterocycles. The van der Waals surface area contributed by atoms with Crippen LogP contribution in [-0.2, 0) is 4.74 Å². The highest BCUT2D eigenvalue weighted by Crippen LogP contribution is 2.52. The molecule has 6 heteroatoms. The molecule has 3 atom stereocenters. The largest absolute Gasteiger partial charge is 0.444 e. The van der Waals surface area contributed by atoms with E-state index in [4.69, 9.17) is 10.5 Å². The quantitative estimate of drug-likeness (QED) is 0.548. The Hall–Kier alpha value is -0.920. The smallest absolute Gasteiger partial charge is 0.411 e. The van der Waals surface area contributed by atoms with Crippen LogP contribution in [0.25, 0.3) is 0 Å². The fourth-order valence-electron chi connectivity index (χ4n) is 2.90. The van der Waals surface area contributed by atoms with Gasteiger partial charge >= 0.3 is 6.09 Å². The minimum atomic E-state index is -0.487. The predicted molar refractivity (Wildman–Crippen MR) is 91.6 cm³/mol. The van der Waals surface area contributed by atoms with Gasteiger partial charge in [-0.3, -0.25) is 4.90 Å². The van der Waals surface area contributed by atoms with Crippen LogP contribution in [0.4, 0.5) is 4.79 Å². The first-order chi connectivity index (χ1) is 9.57. The standard InChI is InChI=1S/C15H24IN3O2/c1-9-6-15(7-11(15)18-8-12(16)17)19(10(9)2)13(20)21-14(3,4)5/h7-10,18H,6,17H2,1-5H3/b12-8-/t9-,10-,15?/m1/s1. The van der Waals surface area contributed by atoms with Crippen LogP contribution < -0.4 is 11.1 Å². The van der Waals surface area contributed by atoms with Gasteiger partial charge in [0.1, 0.15) is 11.1 Å². The number of ether oxygens (including phenoxy) is 1. The van der Waals surface area contributed by atoms with Gasteiger partial charge in [0.15, 0.2) is 0 Å². The topological polar surface area (TPSA) is 67.6 Å². The molecule has 0 aromatic heterocycles. The highest BCUT2D eigenvalue weighted by atomic mass is 127. The Balaban J connectivity index is 2.15. The van der Waals surface area contributed by atoms with Gasteiger partial charge in [-0.1, -0.05) is 6.92 Å². The van der Waals surface area contributed by atoms with Crippen molar-refractivity contribution in [1.29, 1.82) is 0 Å². The van der Waals surface area contributed by atoms with Crippen molar-refractivity contribution >= 4 is 28.7 Å². The molecule has 1 unspecified atom stereocenters. The Morgan fingerprint density at radius 1 is 1.57 bits per heavy atom. The van der Waals surface area contributed by atoms with Crippen LogP contribution >= 0.6 is 22.6 Å². The Morgan fingerprint density at radius 2 is 2.19 bits per heavy atom. The Kier molecular flexibility index (Phi) is 4.21. The molecule has 2 aliphatic rings. The van der Waals surface area contributed by atoms with Gasteiger partial charge in [-0.05, 0) is 68.7 Å². The van der Waals surface area contributed by atoms with E-state index in [9.17, 15) is 4.79 Å². The van der Waals surface area contributed by atoms with Crippen LogP contribution in [0, 0.1) is 5.92 Å². The maximum absolute atomic E-state index is 12.6. The van der Waals surface area contributed by atoms with E-state index < -0.39 is 5.60 Å². The molecule has 2 rings (SSSR count). The van der Waals surface area contributed by atoms with E-state index in [1.807, 2.05) is 48.3 Å². The zero-order valence-electron chi connectivity index (χ0n) is 13.2. The first-order valence-corrected chi connectivity index (χ1v) is 8.28. The number of hydrogen-bond donors (Lipinski definition) is 2. The summed E-state index contributed by atoms with van der Waals surface area (Å²) in [6, 6.07) is 0.149. The minimum Gasteiger partial charge on any atom is -0.444 e. The minimum absolute atomic E-state index is 0.149. The number of nitrogens with one attached hydrogen (secondary N) is 1. The number of halogens is 1. The first kappa shape index (κ1) is 16.5. The molecule has 1 amide bonds. The van der Waals surface area contributed by atoms with Crippen molar-refractivity contribution in [2.24, 2.45) is 11.7 Å². The number of carbonyl (C=O) groups excluding carboxylic acids is 1. The third kappa shape index (κ3) is 3.30. The van der Waals surface area contributed by atoms with Crippen molar-refractivity contribution in [3.05, 3.63) is 21.7 Å². The summed E-state index contributed by atoms with van der Waals surface area (Å²) in [5, 5.41) is 3.19. The molecule has 0 bridgehead atoms. The Labute approximate surface area is 140 Å². The maximum atomic E-state index is 12.6. The molecule has 0 aromatic carbocycles. The van der Waals surface area contributed by atoms with Gasteiger partial charge in [-0.2, -0.15) is 0 Å². The van der Waals surface area contributed by atoms with E-state index in [2.05, 4.69) is 25.2 Å². The molecule has 21 heavy (non-hydrogen) atoms. The number of nitrogens with two attached hydrogens (primary N) is 1. The van der Waals surface area contributed by atoms with Gasteiger partial charge in [0.2, 0.25) is 0 Å². The number of hydrogen-bond acceptors (Lipinski definition) is 4. The Bertz CT molecular complexity index is 506. The number of rotatable bonds is 2. The predicted octanol–water partition coefficient (Wildman–Crippen LogP) is 3.07. The van der Waals surface area contributed by atoms with Crippen molar-refractivity contribution in [1.82, 2.24) is 10.2 Å². The lowest BCUT2D eigenvalue weighted by Crippen LogP contribution is -2.47. The van der Waals surface area contributed by atoms with E-state index >= 15 is 0 Å². The van der Waals surface area contributed by atoms with E-state index in [1.165, 1.54) is 0 Å². The summed E-state index contributed by atoms with van der Waals surface area (Å²) in [7, 11) is 0. The molecule has 0 aromatic rings. The van der Waals surface area contributed by atoms with Crippen LogP contribution in [0.1, 0.15) is 41.0 Å². The van der Waals surface area contributed by atoms with E-state index in [1.54, 1.807) is 6.20 Å². The summed E-state index contributed by atoms with van der Waals surface area (Å²) in [6.45, 7) is 9.92. The fraction of sp³-hybridized carbons (Fsp3) is 0.667. The van der Waals surface area contributed by atoms with Crippen LogP contribution in [0.2, 0.25) is 0 Å². The lowest BCUT2D eigenvalue weighted by molar-refractivity contribution is 0.0139. The zero-order chi connectivity index (χ0) is 16.0. The number of carbonyl (C=O) groups is 1. The fourth-order valence-corrected chi connectivity index (χ4v) is 3.06. The summed E-state index contributed by atoms with van der Waals surface area (Å²) in [4.78, 5) is 14.4. The van der Waals surface area contributed by atoms with Gasteiger partial charge in [0.05, 0.1) is 3.70 Å². The molecule has 1 aliphatic heterocycles. The highest BCUT2D eigenvalue weighted by Gasteiger charge is 2.60. The van der Waals surface area contributed by atoms with Crippen molar-refractivity contribution in [2.45, 2.75) is 58.2 Å². The second-order valence-corrected chi connectivity index (χ2v) is 8.17. The van der Waals surface area contributed by atoms with E-state index in [0.717, 1.165) is 12.1 Å². The number of nitrogens with zero attached hydrogens (tertiary/aromatic N) is 1. The van der Waals surface area contributed by atoms with E-state index in [0.29, 0.717) is 9.62 Å². The second-order valence-electron chi connectivity index (χ2n) is 6.93. The summed E-state index contributed by atoms with van der Waals surface area (Å²) >= 11 is 2.04. The molecule has 0 saturated carbocycles. The summed E-state index contributed by atoms with van der Waals surface area (Å²) in [6.07, 6.45) is 4.51. The SMILES string of the molecule is C[C@@H]1CC2(C=C2N/C=C(\N)I)N(C(=O)OC(C)(C)C)[C@@H]1C. The van der Waals surface area contributed by atoms with Gasteiger partial charge in [-0.15, -0.1) is 0 Å². The van der Waals surface area contributed by atoms with Gasteiger partial charge in [0.25, 0.3) is 0 Å². The summed E-state index contributed by atoms with van der Waals surface area (Å²) in [5.74, 6) is 0.425. The summed E-state index contributed by atoms with van der Waals surface area (Å²) < 4.78 is 6.25. The molecule has 118 valence electrons. The number of likely N-dealkylation sites (tertiary alicyclic amines) is 1. The lowest BCUT2D eigenvalue weighted by atomic mass is 10.0. The molecular weight excluding hydrogens is 381 g/mol. The molecular formula is C15H24IN3O2. The van der Waals surface area contributed by atoms with Crippen LogP contribution in [-0.4, -0.2) is 28.2 Å². The molecule has 5 nitrogen and oxygen atoms in total. The van der Waals surface area contributed by atoms with Crippen LogP contribution in [0.15, 0.2) is 21.7 Å². The molecule has 1 fully saturated rings. The zero-order valence-corrected chi connectivity index (χ0v) is 15.4. The number of amides is 1. The monoisotopic (exact) mass is 405 g/mol. The normalized spacial score (nSPS) is 32.2. The summed E-state index contributed by atoms with van der Waals surface area (Å²) in [5.41, 5.74) is 5.87. The maximum Gasteiger partial charge on any atom is 0.411 e. The highest BCUT2D eigenvalue weighted by molar-refractivity contribution is 14.1. The third-order valence-electron chi connectivity index (χ3n) is 4.02. The van der Waals surface area contributed by atoms with Crippen LogP contribution in [0.5, 0.6) is 0 Å². The second kappa shape index (κ2) is 5.37. The van der Waals surface area contributed by atoms with Crippen molar-refractivity contribution < 1.29 is 9.53 Å². The lowest BCUT2D eigenvalue weighted by Gasteiger charge is -2.32. The molecule has 0 radical (unpaired) electrons. The van der Waals surface area contributed by atoms with Crippen molar-refractivity contribution in [3.63, 3.8) is 0 Å². The molecule has 1 heterocycles. The Morgan fingerprint density at radius 3 is 2.71 bits per heavy atom. The van der Waals surface area contributed by atoms with Crippen LogP contribution in [0.3, 0.4) is 0 Å². The van der Waals surface area contributed by atoms with E-state index in [-0.39, 0.29) is 17.7 Å². The van der Waals surface area contributed by atoms with Crippen molar-refractivity contribution in [3.8, 4) is 0 Å². The van der Waals surface area contributed by atoms with Gasteiger partial charge < -0.3 is 15.8 Å². The first-order valence-electron chi connectivity index (χ1n) is 7.20. The third-order valence-corrected chi connectivity index (χ3v) is 4.33. The molecule has 3 N–H and O–H groups in total. The van der Waals surface area contributed by atoms with Gasteiger partial charge in [-0.25, -0.2) is 4.79 Å². The molecule has 1 spiro atoms.